The molecule has 0 atom stereocenters. The van der Waals surface area contributed by atoms with Gasteiger partial charge >= 0.3 is 0 Å². The van der Waals surface area contributed by atoms with Gasteiger partial charge < -0.3 is 9.64 Å². The molecule has 22 heavy (non-hydrogen) atoms. The fourth-order valence-electron chi connectivity index (χ4n) is 2.64. The van der Waals surface area contributed by atoms with Gasteiger partial charge in [-0.3, -0.25) is 9.58 Å². The van der Waals surface area contributed by atoms with Gasteiger partial charge in [0.05, 0.1) is 18.9 Å². The Morgan fingerprint density at radius 2 is 1.86 bits per heavy atom. The second-order valence-electron chi connectivity index (χ2n) is 5.85. The highest BCUT2D eigenvalue weighted by atomic mass is 16.5. The molecule has 0 spiro atoms. The first kappa shape index (κ1) is 15.1. The normalized spacial score (nSPS) is 16.8. The molecule has 0 saturated carbocycles. The van der Waals surface area contributed by atoms with Crippen molar-refractivity contribution < 1.29 is 4.74 Å². The Morgan fingerprint density at radius 3 is 2.64 bits per heavy atom. The maximum Gasteiger partial charge on any atom is 0.157 e. The number of rotatable bonds is 6. The minimum atomic E-state index is 0.723. The lowest BCUT2D eigenvalue weighted by Gasteiger charge is -2.32. The van der Waals surface area contributed by atoms with Gasteiger partial charge in [0.2, 0.25) is 0 Å². The topological polar surface area (TPSA) is 33.5 Å². The van der Waals surface area contributed by atoms with E-state index in [2.05, 4.69) is 34.1 Å². The molecule has 0 unspecified atom stereocenters. The first-order valence-electron chi connectivity index (χ1n) is 7.90. The predicted molar refractivity (Wildman–Crippen MR) is 87.2 cm³/mol. The summed E-state index contributed by atoms with van der Waals surface area (Å²) in [5.41, 5.74) is 1.24. The van der Waals surface area contributed by atoms with Crippen LogP contribution in [0.5, 0.6) is 5.75 Å². The minimum Gasteiger partial charge on any atom is -0.489 e. The molecule has 1 aliphatic heterocycles. The molecular weight excluding hydrogens is 276 g/mol. The molecule has 0 radical (unpaired) electrons. The zero-order valence-corrected chi connectivity index (χ0v) is 13.2. The highest BCUT2D eigenvalue weighted by Crippen LogP contribution is 2.10. The molecule has 3 rings (SSSR count). The van der Waals surface area contributed by atoms with Crippen LogP contribution in [0, 0.1) is 0 Å². The maximum absolute atomic E-state index is 5.82. The second kappa shape index (κ2) is 7.42. The van der Waals surface area contributed by atoms with Crippen molar-refractivity contribution in [3.63, 3.8) is 0 Å². The summed E-state index contributed by atoms with van der Waals surface area (Å²) < 4.78 is 7.73. The highest BCUT2D eigenvalue weighted by molar-refractivity contribution is 5.17. The van der Waals surface area contributed by atoms with Crippen molar-refractivity contribution in [2.24, 2.45) is 0 Å². The van der Waals surface area contributed by atoms with Gasteiger partial charge in [-0.15, -0.1) is 0 Å². The van der Waals surface area contributed by atoms with Crippen molar-refractivity contribution in [3.05, 3.63) is 48.3 Å². The van der Waals surface area contributed by atoms with Crippen LogP contribution in [-0.2, 0) is 6.54 Å². The van der Waals surface area contributed by atoms with Gasteiger partial charge in [0.1, 0.15) is 6.61 Å². The molecule has 0 N–H and O–H groups in total. The predicted octanol–water partition coefficient (Wildman–Crippen LogP) is 1.56. The first-order valence-corrected chi connectivity index (χ1v) is 7.90. The molecule has 0 amide bonds. The van der Waals surface area contributed by atoms with Gasteiger partial charge in [0, 0.05) is 32.7 Å². The van der Waals surface area contributed by atoms with Crippen LogP contribution in [0.4, 0.5) is 0 Å². The molecule has 2 heterocycles. The Bertz CT molecular complexity index is 561. The summed E-state index contributed by atoms with van der Waals surface area (Å²) in [4.78, 5) is 4.82. The zero-order valence-electron chi connectivity index (χ0n) is 13.2. The molecular formula is C17H24N4O. The van der Waals surface area contributed by atoms with Crippen LogP contribution in [-0.4, -0.2) is 66.0 Å². The number of benzene rings is 1. The number of nitrogens with zero attached hydrogens (tertiary/aromatic N) is 4. The quantitative estimate of drug-likeness (QED) is 0.811. The standard InChI is InChI=1S/C17H24N4O/c1-19-7-9-20(10-8-19)11-12-22-17-13-18-21(15-17)14-16-5-3-2-4-6-16/h2-6,13,15H,7-12,14H2,1H3. The van der Waals surface area contributed by atoms with Crippen molar-refractivity contribution in [1.29, 1.82) is 0 Å². The Labute approximate surface area is 132 Å². The van der Waals surface area contributed by atoms with E-state index in [0.29, 0.717) is 0 Å². The Morgan fingerprint density at radius 1 is 1.09 bits per heavy atom. The van der Waals surface area contributed by atoms with E-state index in [1.807, 2.05) is 29.1 Å². The molecule has 0 bridgehead atoms. The average molecular weight is 300 g/mol. The number of piperazine rings is 1. The van der Waals surface area contributed by atoms with Crippen molar-refractivity contribution >= 4 is 0 Å². The molecule has 1 fully saturated rings. The molecule has 5 nitrogen and oxygen atoms in total. The molecule has 1 saturated heterocycles. The summed E-state index contributed by atoms with van der Waals surface area (Å²) in [7, 11) is 2.18. The van der Waals surface area contributed by atoms with Crippen LogP contribution < -0.4 is 4.74 Å². The third-order valence-electron chi connectivity index (χ3n) is 4.07. The van der Waals surface area contributed by atoms with Crippen molar-refractivity contribution in [1.82, 2.24) is 19.6 Å². The van der Waals surface area contributed by atoms with Crippen LogP contribution in [0.2, 0.25) is 0 Å². The van der Waals surface area contributed by atoms with E-state index in [0.717, 1.165) is 51.6 Å². The van der Waals surface area contributed by atoms with E-state index >= 15 is 0 Å². The lowest BCUT2D eigenvalue weighted by molar-refractivity contribution is 0.133. The summed E-state index contributed by atoms with van der Waals surface area (Å²) in [5, 5.41) is 4.36. The lowest BCUT2D eigenvalue weighted by atomic mass is 10.2. The monoisotopic (exact) mass is 300 g/mol. The van der Waals surface area contributed by atoms with Crippen LogP contribution in [0.3, 0.4) is 0 Å². The van der Waals surface area contributed by atoms with E-state index in [1.54, 1.807) is 6.20 Å². The number of hydrogen-bond acceptors (Lipinski definition) is 4. The fraction of sp³-hybridized carbons (Fsp3) is 0.471. The average Bonchev–Trinajstić information content (AvgIpc) is 2.98. The summed E-state index contributed by atoms with van der Waals surface area (Å²) in [5.74, 6) is 0.852. The third-order valence-corrected chi connectivity index (χ3v) is 4.07. The molecule has 0 aliphatic carbocycles. The van der Waals surface area contributed by atoms with Gasteiger partial charge in [-0.05, 0) is 12.6 Å². The SMILES string of the molecule is CN1CCN(CCOc2cnn(Cc3ccccc3)c2)CC1. The largest absolute Gasteiger partial charge is 0.489 e. The fourth-order valence-corrected chi connectivity index (χ4v) is 2.64. The van der Waals surface area contributed by atoms with Crippen LogP contribution in [0.15, 0.2) is 42.7 Å². The number of hydrogen-bond donors (Lipinski definition) is 0. The highest BCUT2D eigenvalue weighted by Gasteiger charge is 2.13. The van der Waals surface area contributed by atoms with E-state index < -0.39 is 0 Å². The molecule has 1 aliphatic rings. The van der Waals surface area contributed by atoms with Gasteiger partial charge in [-0.2, -0.15) is 5.10 Å². The molecule has 1 aromatic heterocycles. The van der Waals surface area contributed by atoms with Crippen LogP contribution in [0.1, 0.15) is 5.56 Å². The summed E-state index contributed by atoms with van der Waals surface area (Å²) in [6, 6.07) is 10.3. The van der Waals surface area contributed by atoms with Crippen molar-refractivity contribution in [2.75, 3.05) is 46.4 Å². The number of ether oxygens (including phenoxy) is 1. The zero-order chi connectivity index (χ0) is 15.2. The maximum atomic E-state index is 5.82. The Balaban J connectivity index is 1.42. The van der Waals surface area contributed by atoms with E-state index in [-0.39, 0.29) is 0 Å². The smallest absolute Gasteiger partial charge is 0.157 e. The lowest BCUT2D eigenvalue weighted by Crippen LogP contribution is -2.45. The van der Waals surface area contributed by atoms with Crippen LogP contribution >= 0.6 is 0 Å². The Hall–Kier alpha value is -1.85. The summed E-state index contributed by atoms with van der Waals surface area (Å²) in [6.07, 6.45) is 3.77. The van der Waals surface area contributed by atoms with Gasteiger partial charge in [0.25, 0.3) is 0 Å². The van der Waals surface area contributed by atoms with Crippen LogP contribution in [0.25, 0.3) is 0 Å². The number of likely N-dealkylation sites (N-methyl/N-ethyl adjacent to an activating group) is 1. The second-order valence-corrected chi connectivity index (χ2v) is 5.85. The van der Waals surface area contributed by atoms with E-state index in [9.17, 15) is 0 Å². The molecule has 1 aromatic carbocycles. The number of aromatic nitrogens is 2. The molecule has 5 heteroatoms. The van der Waals surface area contributed by atoms with Gasteiger partial charge in [-0.25, -0.2) is 0 Å². The van der Waals surface area contributed by atoms with Crippen molar-refractivity contribution in [3.8, 4) is 5.75 Å². The summed E-state index contributed by atoms with van der Waals surface area (Å²) >= 11 is 0. The van der Waals surface area contributed by atoms with Crippen molar-refractivity contribution in [2.45, 2.75) is 6.54 Å². The van der Waals surface area contributed by atoms with Gasteiger partial charge in [0.15, 0.2) is 5.75 Å². The minimum absolute atomic E-state index is 0.723. The summed E-state index contributed by atoms with van der Waals surface area (Å²) in [6.45, 7) is 7.05. The third kappa shape index (κ3) is 4.32. The molecule has 118 valence electrons. The molecule has 2 aromatic rings. The van der Waals surface area contributed by atoms with E-state index in [4.69, 9.17) is 4.74 Å². The first-order chi connectivity index (χ1) is 10.8. The Kier molecular flexibility index (Phi) is 5.08. The van der Waals surface area contributed by atoms with Gasteiger partial charge in [-0.1, -0.05) is 30.3 Å². The van der Waals surface area contributed by atoms with E-state index in [1.165, 1.54) is 5.56 Å².